The molecule has 7 heteroatoms. The number of hydrogen-bond acceptors (Lipinski definition) is 3. The van der Waals surface area contributed by atoms with Crippen LogP contribution in [0.4, 0.5) is 5.69 Å². The zero-order chi connectivity index (χ0) is 18.9. The Hall–Kier alpha value is -2.80. The van der Waals surface area contributed by atoms with E-state index in [4.69, 9.17) is 0 Å². The lowest BCUT2D eigenvalue weighted by atomic mass is 10.1. The van der Waals surface area contributed by atoms with Gasteiger partial charge in [0.25, 0.3) is 15.6 Å². The van der Waals surface area contributed by atoms with Crippen molar-refractivity contribution in [1.29, 1.82) is 0 Å². The van der Waals surface area contributed by atoms with Crippen LogP contribution in [0.3, 0.4) is 0 Å². The summed E-state index contributed by atoms with van der Waals surface area (Å²) in [6, 6.07) is 17.2. The second kappa shape index (κ2) is 6.84. The summed E-state index contributed by atoms with van der Waals surface area (Å²) in [5.41, 5.74) is 0.975. The number of aromatic nitrogens is 2. The molecule has 0 saturated carbocycles. The second-order valence-corrected chi connectivity index (χ2v) is 7.99. The number of nitrogens with one attached hydrogen (secondary N) is 1. The van der Waals surface area contributed by atoms with Gasteiger partial charge < -0.3 is 0 Å². The van der Waals surface area contributed by atoms with E-state index < -0.39 is 15.6 Å². The SMILES string of the molecule is CC(C)c1c(NS(=O)(=O)c2ccccc2)c(=O)n(-c2ccccc2)n1C. The molecular formula is C19H21N3O3S. The molecule has 0 aliphatic heterocycles. The molecule has 1 heterocycles. The first-order chi connectivity index (χ1) is 12.3. The van der Waals surface area contributed by atoms with E-state index in [2.05, 4.69) is 4.72 Å². The summed E-state index contributed by atoms with van der Waals surface area (Å²) in [6.45, 7) is 3.84. The van der Waals surface area contributed by atoms with Crippen molar-refractivity contribution < 1.29 is 8.42 Å². The van der Waals surface area contributed by atoms with Gasteiger partial charge in [-0.05, 0) is 30.2 Å². The molecule has 2 aromatic carbocycles. The molecule has 26 heavy (non-hydrogen) atoms. The van der Waals surface area contributed by atoms with E-state index in [0.29, 0.717) is 11.4 Å². The highest BCUT2D eigenvalue weighted by Gasteiger charge is 2.25. The Kier molecular flexibility index (Phi) is 4.73. The smallest absolute Gasteiger partial charge is 0.283 e. The Bertz CT molecular complexity index is 1070. The van der Waals surface area contributed by atoms with Gasteiger partial charge in [-0.15, -0.1) is 0 Å². The van der Waals surface area contributed by atoms with Gasteiger partial charge in [-0.2, -0.15) is 0 Å². The molecule has 0 fully saturated rings. The molecule has 0 unspecified atom stereocenters. The maximum absolute atomic E-state index is 13.0. The average molecular weight is 371 g/mol. The fraction of sp³-hybridized carbons (Fsp3) is 0.211. The van der Waals surface area contributed by atoms with Crippen LogP contribution in [-0.2, 0) is 17.1 Å². The van der Waals surface area contributed by atoms with Crippen molar-refractivity contribution in [2.24, 2.45) is 7.05 Å². The molecule has 1 aromatic heterocycles. The summed E-state index contributed by atoms with van der Waals surface area (Å²) in [5, 5.41) is 0. The largest absolute Gasteiger partial charge is 0.296 e. The van der Waals surface area contributed by atoms with Crippen molar-refractivity contribution in [3.05, 3.63) is 76.7 Å². The molecule has 0 atom stereocenters. The van der Waals surface area contributed by atoms with Crippen LogP contribution >= 0.6 is 0 Å². The fourth-order valence-corrected chi connectivity index (χ4v) is 4.13. The van der Waals surface area contributed by atoms with E-state index in [9.17, 15) is 13.2 Å². The number of nitrogens with zero attached hydrogens (tertiary/aromatic N) is 2. The van der Waals surface area contributed by atoms with Gasteiger partial charge in [0, 0.05) is 7.05 Å². The van der Waals surface area contributed by atoms with Gasteiger partial charge in [0.1, 0.15) is 5.69 Å². The normalized spacial score (nSPS) is 11.7. The van der Waals surface area contributed by atoms with Gasteiger partial charge in [-0.1, -0.05) is 50.2 Å². The Morgan fingerprint density at radius 3 is 2.00 bits per heavy atom. The molecule has 0 aliphatic rings. The Morgan fingerprint density at radius 2 is 1.46 bits per heavy atom. The third-order valence-corrected chi connectivity index (χ3v) is 5.51. The third kappa shape index (κ3) is 3.17. The van der Waals surface area contributed by atoms with Crippen LogP contribution in [0.15, 0.2) is 70.4 Å². The minimum Gasteiger partial charge on any atom is -0.283 e. The molecule has 6 nitrogen and oxygen atoms in total. The molecule has 1 N–H and O–H groups in total. The zero-order valence-electron chi connectivity index (χ0n) is 14.9. The molecule has 0 bridgehead atoms. The van der Waals surface area contributed by atoms with Gasteiger partial charge in [-0.3, -0.25) is 14.2 Å². The van der Waals surface area contributed by atoms with E-state index in [1.54, 1.807) is 42.1 Å². The zero-order valence-corrected chi connectivity index (χ0v) is 15.7. The van der Waals surface area contributed by atoms with Crippen molar-refractivity contribution in [2.45, 2.75) is 24.7 Å². The highest BCUT2D eigenvalue weighted by Crippen LogP contribution is 2.25. The van der Waals surface area contributed by atoms with E-state index in [0.717, 1.165) is 0 Å². The van der Waals surface area contributed by atoms with Gasteiger partial charge in [0.2, 0.25) is 0 Å². The average Bonchev–Trinajstić information content (AvgIpc) is 2.86. The summed E-state index contributed by atoms with van der Waals surface area (Å²) < 4.78 is 31.1. The minimum atomic E-state index is -3.85. The van der Waals surface area contributed by atoms with E-state index in [-0.39, 0.29) is 16.5 Å². The first kappa shape index (κ1) is 18.0. The molecule has 0 spiro atoms. The van der Waals surface area contributed by atoms with Crippen LogP contribution in [0, 0.1) is 0 Å². The number of para-hydroxylation sites is 1. The van der Waals surface area contributed by atoms with Crippen molar-refractivity contribution >= 4 is 15.7 Å². The Labute approximate surface area is 152 Å². The van der Waals surface area contributed by atoms with Crippen LogP contribution < -0.4 is 10.3 Å². The summed E-state index contributed by atoms with van der Waals surface area (Å²) in [6.07, 6.45) is 0. The van der Waals surface area contributed by atoms with Crippen LogP contribution in [0.5, 0.6) is 0 Å². The maximum Gasteiger partial charge on any atom is 0.296 e. The molecule has 0 saturated heterocycles. The topological polar surface area (TPSA) is 73.1 Å². The molecule has 136 valence electrons. The summed E-state index contributed by atoms with van der Waals surface area (Å²) in [7, 11) is -2.10. The Morgan fingerprint density at radius 1 is 0.923 bits per heavy atom. The molecule has 0 radical (unpaired) electrons. The maximum atomic E-state index is 13.0. The minimum absolute atomic E-state index is 0.0499. The van der Waals surface area contributed by atoms with Crippen molar-refractivity contribution in [3.63, 3.8) is 0 Å². The van der Waals surface area contributed by atoms with Gasteiger partial charge in [0.05, 0.1) is 16.3 Å². The molecule has 3 aromatic rings. The van der Waals surface area contributed by atoms with E-state index >= 15 is 0 Å². The number of anilines is 1. The van der Waals surface area contributed by atoms with Crippen molar-refractivity contribution in [1.82, 2.24) is 9.36 Å². The number of sulfonamides is 1. The quantitative estimate of drug-likeness (QED) is 0.749. The summed E-state index contributed by atoms with van der Waals surface area (Å²) in [5.74, 6) is -0.0499. The molecule has 0 aliphatic carbocycles. The van der Waals surface area contributed by atoms with Crippen LogP contribution in [-0.4, -0.2) is 17.8 Å². The van der Waals surface area contributed by atoms with E-state index in [1.165, 1.54) is 16.8 Å². The number of benzene rings is 2. The van der Waals surface area contributed by atoms with Gasteiger partial charge in [0.15, 0.2) is 0 Å². The van der Waals surface area contributed by atoms with Gasteiger partial charge >= 0.3 is 0 Å². The molecule has 3 rings (SSSR count). The third-order valence-electron chi connectivity index (χ3n) is 4.15. The monoisotopic (exact) mass is 371 g/mol. The Balaban J connectivity index is 2.18. The molecule has 0 amide bonds. The van der Waals surface area contributed by atoms with Crippen molar-refractivity contribution in [3.8, 4) is 5.69 Å². The van der Waals surface area contributed by atoms with Crippen LogP contribution in [0.2, 0.25) is 0 Å². The predicted octanol–water partition coefficient (Wildman–Crippen LogP) is 3.10. The van der Waals surface area contributed by atoms with Crippen LogP contribution in [0.1, 0.15) is 25.5 Å². The lowest BCUT2D eigenvalue weighted by molar-refractivity contribution is 0.594. The number of hydrogen-bond donors (Lipinski definition) is 1. The standard InChI is InChI=1S/C19H21N3O3S/c1-14(2)18-17(20-26(24,25)16-12-8-5-9-13-16)19(23)22(21(18)3)15-10-6-4-7-11-15/h4-14,20H,1-3H3. The first-order valence-corrected chi connectivity index (χ1v) is 9.76. The summed E-state index contributed by atoms with van der Waals surface area (Å²) >= 11 is 0. The second-order valence-electron chi connectivity index (χ2n) is 6.31. The fourth-order valence-electron chi connectivity index (χ4n) is 3.03. The lowest BCUT2D eigenvalue weighted by Gasteiger charge is -2.13. The van der Waals surface area contributed by atoms with Crippen molar-refractivity contribution in [2.75, 3.05) is 4.72 Å². The highest BCUT2D eigenvalue weighted by atomic mass is 32.2. The van der Waals surface area contributed by atoms with Gasteiger partial charge in [-0.25, -0.2) is 13.1 Å². The van der Waals surface area contributed by atoms with Crippen LogP contribution in [0.25, 0.3) is 5.69 Å². The first-order valence-electron chi connectivity index (χ1n) is 8.28. The molecular weight excluding hydrogens is 350 g/mol. The highest BCUT2D eigenvalue weighted by molar-refractivity contribution is 7.92. The lowest BCUT2D eigenvalue weighted by Crippen LogP contribution is -2.23. The summed E-state index contributed by atoms with van der Waals surface area (Å²) in [4.78, 5) is 13.2. The number of rotatable bonds is 5. The predicted molar refractivity (Wildman–Crippen MR) is 102 cm³/mol. The van der Waals surface area contributed by atoms with E-state index in [1.807, 2.05) is 32.0 Å².